The van der Waals surface area contributed by atoms with Gasteiger partial charge >= 0.3 is 5.69 Å². The molecule has 0 amide bonds. The second-order valence-electron chi connectivity index (χ2n) is 4.37. The largest absolute Gasteiger partial charge is 0.378 e. The van der Waals surface area contributed by atoms with Crippen molar-refractivity contribution in [3.63, 3.8) is 0 Å². The highest BCUT2D eigenvalue weighted by atomic mass is 16.2. The Morgan fingerprint density at radius 2 is 2.10 bits per heavy atom. The van der Waals surface area contributed by atoms with E-state index in [2.05, 4.69) is 20.4 Å². The van der Waals surface area contributed by atoms with Gasteiger partial charge in [0.25, 0.3) is 0 Å². The normalized spacial score (nSPS) is 10.7. The SMILES string of the molecule is Cn1cnn(-c2ccc(NCc3ncc[nH]3)cc2)c1=O. The molecule has 0 unspecified atom stereocenters. The zero-order valence-corrected chi connectivity index (χ0v) is 10.9. The van der Waals surface area contributed by atoms with Crippen LogP contribution in [-0.4, -0.2) is 24.3 Å². The second kappa shape index (κ2) is 5.04. The van der Waals surface area contributed by atoms with Crippen molar-refractivity contribution < 1.29 is 0 Å². The van der Waals surface area contributed by atoms with Crippen molar-refractivity contribution in [1.82, 2.24) is 24.3 Å². The van der Waals surface area contributed by atoms with Crippen LogP contribution in [0.5, 0.6) is 0 Å². The molecule has 2 N–H and O–H groups in total. The molecule has 3 aromatic rings. The van der Waals surface area contributed by atoms with Crippen LogP contribution in [0.4, 0.5) is 5.69 Å². The first-order chi connectivity index (χ1) is 9.74. The van der Waals surface area contributed by atoms with Crippen LogP contribution < -0.4 is 11.0 Å². The molecule has 20 heavy (non-hydrogen) atoms. The van der Waals surface area contributed by atoms with E-state index in [4.69, 9.17) is 0 Å². The first-order valence-electron chi connectivity index (χ1n) is 6.17. The van der Waals surface area contributed by atoms with Crippen molar-refractivity contribution in [2.24, 2.45) is 7.05 Å². The molecular weight excluding hydrogens is 256 g/mol. The van der Waals surface area contributed by atoms with Crippen LogP contribution in [0.15, 0.2) is 47.8 Å². The molecule has 3 rings (SSSR count). The first kappa shape index (κ1) is 12.2. The number of imidazole rings is 1. The van der Waals surface area contributed by atoms with Crippen LogP contribution in [0.25, 0.3) is 5.69 Å². The smallest absolute Gasteiger partial charge is 0.350 e. The van der Waals surface area contributed by atoms with E-state index in [0.29, 0.717) is 6.54 Å². The molecule has 0 fully saturated rings. The van der Waals surface area contributed by atoms with Crippen molar-refractivity contribution in [1.29, 1.82) is 0 Å². The summed E-state index contributed by atoms with van der Waals surface area (Å²) < 4.78 is 2.79. The van der Waals surface area contributed by atoms with E-state index in [-0.39, 0.29) is 5.69 Å². The number of H-pyrrole nitrogens is 1. The lowest BCUT2D eigenvalue weighted by molar-refractivity contribution is 0.799. The Hall–Kier alpha value is -2.83. The van der Waals surface area contributed by atoms with E-state index in [1.165, 1.54) is 15.6 Å². The lowest BCUT2D eigenvalue weighted by atomic mass is 10.3. The molecule has 2 aromatic heterocycles. The number of nitrogens with zero attached hydrogens (tertiary/aromatic N) is 4. The Bertz CT molecular complexity index is 738. The van der Waals surface area contributed by atoms with Crippen LogP contribution in [-0.2, 0) is 13.6 Å². The Balaban J connectivity index is 1.74. The van der Waals surface area contributed by atoms with E-state index < -0.39 is 0 Å². The zero-order valence-electron chi connectivity index (χ0n) is 10.9. The van der Waals surface area contributed by atoms with Crippen LogP contribution in [0.1, 0.15) is 5.82 Å². The minimum absolute atomic E-state index is 0.165. The monoisotopic (exact) mass is 270 g/mol. The molecule has 0 bridgehead atoms. The molecule has 7 nitrogen and oxygen atoms in total. The van der Waals surface area contributed by atoms with Crippen molar-refractivity contribution in [2.75, 3.05) is 5.32 Å². The van der Waals surface area contributed by atoms with E-state index >= 15 is 0 Å². The lowest BCUT2D eigenvalue weighted by Gasteiger charge is -2.05. The summed E-state index contributed by atoms with van der Waals surface area (Å²) in [4.78, 5) is 18.9. The van der Waals surface area contributed by atoms with Gasteiger partial charge in [0, 0.05) is 25.1 Å². The Morgan fingerprint density at radius 1 is 1.30 bits per heavy atom. The summed E-state index contributed by atoms with van der Waals surface area (Å²) in [5.41, 5.74) is 1.52. The van der Waals surface area contributed by atoms with Gasteiger partial charge in [-0.2, -0.15) is 9.78 Å². The van der Waals surface area contributed by atoms with Gasteiger partial charge in [0.2, 0.25) is 0 Å². The molecular formula is C13H14N6O. The number of hydrogen-bond donors (Lipinski definition) is 2. The molecule has 0 aliphatic carbocycles. The van der Waals surface area contributed by atoms with Crippen molar-refractivity contribution >= 4 is 5.69 Å². The number of hydrogen-bond acceptors (Lipinski definition) is 4. The molecule has 0 atom stereocenters. The van der Waals surface area contributed by atoms with Crippen LogP contribution in [0.2, 0.25) is 0 Å². The third-order valence-electron chi connectivity index (χ3n) is 2.95. The van der Waals surface area contributed by atoms with Gasteiger partial charge in [-0.25, -0.2) is 9.78 Å². The van der Waals surface area contributed by atoms with Gasteiger partial charge in [-0.3, -0.25) is 4.57 Å². The third-order valence-corrected chi connectivity index (χ3v) is 2.95. The van der Waals surface area contributed by atoms with Crippen molar-refractivity contribution in [3.8, 4) is 5.69 Å². The van der Waals surface area contributed by atoms with E-state index in [9.17, 15) is 4.79 Å². The highest BCUT2D eigenvalue weighted by molar-refractivity contribution is 5.48. The minimum atomic E-state index is -0.165. The minimum Gasteiger partial charge on any atom is -0.378 e. The Morgan fingerprint density at radius 3 is 2.70 bits per heavy atom. The van der Waals surface area contributed by atoms with Crippen LogP contribution in [0, 0.1) is 0 Å². The summed E-state index contributed by atoms with van der Waals surface area (Å²) in [6, 6.07) is 7.50. The van der Waals surface area contributed by atoms with Crippen LogP contribution >= 0.6 is 0 Å². The number of aromatic nitrogens is 5. The standard InChI is InChI=1S/C13H14N6O/c1-18-9-17-19(13(18)20)11-4-2-10(3-5-11)16-8-12-14-6-7-15-12/h2-7,9,16H,8H2,1H3,(H,14,15). The lowest BCUT2D eigenvalue weighted by Crippen LogP contribution is -2.21. The van der Waals surface area contributed by atoms with Gasteiger partial charge < -0.3 is 10.3 Å². The molecule has 0 spiro atoms. The molecule has 1 aromatic carbocycles. The zero-order chi connectivity index (χ0) is 13.9. The molecule has 102 valence electrons. The van der Waals surface area contributed by atoms with Gasteiger partial charge in [0.15, 0.2) is 0 Å². The summed E-state index contributed by atoms with van der Waals surface area (Å²) >= 11 is 0. The highest BCUT2D eigenvalue weighted by Crippen LogP contribution is 2.11. The van der Waals surface area contributed by atoms with E-state index in [1.54, 1.807) is 19.4 Å². The number of aromatic amines is 1. The van der Waals surface area contributed by atoms with Crippen LogP contribution in [0.3, 0.4) is 0 Å². The fraction of sp³-hybridized carbons (Fsp3) is 0.154. The summed E-state index contributed by atoms with van der Waals surface area (Å²) in [7, 11) is 1.67. The first-order valence-corrected chi connectivity index (χ1v) is 6.17. The topological polar surface area (TPSA) is 80.5 Å². The maximum absolute atomic E-state index is 11.8. The molecule has 7 heteroatoms. The average Bonchev–Trinajstić information content (AvgIpc) is 3.09. The molecule has 0 radical (unpaired) electrons. The van der Waals surface area contributed by atoms with E-state index in [1.807, 2.05) is 24.3 Å². The Labute approximate surface area is 114 Å². The second-order valence-corrected chi connectivity index (χ2v) is 4.37. The predicted octanol–water partition coefficient (Wildman–Crippen LogP) is 0.906. The molecule has 0 aliphatic heterocycles. The van der Waals surface area contributed by atoms with Gasteiger partial charge in [0.05, 0.1) is 12.2 Å². The molecule has 0 saturated carbocycles. The molecule has 0 aliphatic rings. The number of nitrogens with one attached hydrogen (secondary N) is 2. The number of anilines is 1. The number of rotatable bonds is 4. The third kappa shape index (κ3) is 2.33. The summed E-state index contributed by atoms with van der Waals surface area (Å²) in [5.74, 6) is 0.870. The summed E-state index contributed by atoms with van der Waals surface area (Å²) in [6.45, 7) is 0.621. The fourth-order valence-electron chi connectivity index (χ4n) is 1.86. The molecule has 2 heterocycles. The van der Waals surface area contributed by atoms with E-state index in [0.717, 1.165) is 17.2 Å². The number of aryl methyl sites for hydroxylation is 1. The van der Waals surface area contributed by atoms with Crippen molar-refractivity contribution in [2.45, 2.75) is 6.54 Å². The maximum atomic E-state index is 11.8. The predicted molar refractivity (Wildman–Crippen MR) is 74.7 cm³/mol. The fourth-order valence-corrected chi connectivity index (χ4v) is 1.86. The van der Waals surface area contributed by atoms with Crippen molar-refractivity contribution in [3.05, 3.63) is 59.3 Å². The number of benzene rings is 1. The quantitative estimate of drug-likeness (QED) is 0.738. The summed E-state index contributed by atoms with van der Waals surface area (Å²) in [6.07, 6.45) is 4.99. The Kier molecular flexibility index (Phi) is 3.08. The van der Waals surface area contributed by atoms with Gasteiger partial charge in [-0.1, -0.05) is 0 Å². The maximum Gasteiger partial charge on any atom is 0.350 e. The van der Waals surface area contributed by atoms with Gasteiger partial charge in [-0.15, -0.1) is 0 Å². The van der Waals surface area contributed by atoms with Gasteiger partial charge in [0.1, 0.15) is 12.2 Å². The highest BCUT2D eigenvalue weighted by Gasteiger charge is 2.04. The molecule has 0 saturated heterocycles. The summed E-state index contributed by atoms with van der Waals surface area (Å²) in [5, 5.41) is 7.27. The average molecular weight is 270 g/mol. The van der Waals surface area contributed by atoms with Gasteiger partial charge in [-0.05, 0) is 24.3 Å².